The van der Waals surface area contributed by atoms with Crippen LogP contribution in [0.1, 0.15) is 0 Å². The third-order valence-corrected chi connectivity index (χ3v) is 2.98. The number of hydrogen-bond donors (Lipinski definition) is 1. The molecule has 1 aromatic carbocycles. The van der Waals surface area contributed by atoms with Gasteiger partial charge in [-0.25, -0.2) is 4.98 Å². The van der Waals surface area contributed by atoms with Crippen molar-refractivity contribution in [2.24, 2.45) is 0 Å². The van der Waals surface area contributed by atoms with Gasteiger partial charge in [0, 0.05) is 11.6 Å². The zero-order chi connectivity index (χ0) is 13.8. The second-order valence-electron chi connectivity index (χ2n) is 3.68. The number of benzene rings is 1. The maximum absolute atomic E-state index is 5.37. The Morgan fingerprint density at radius 3 is 2.53 bits per heavy atom. The first-order valence-electron chi connectivity index (χ1n) is 5.55. The van der Waals surface area contributed by atoms with Gasteiger partial charge in [-0.1, -0.05) is 12.2 Å². The summed E-state index contributed by atoms with van der Waals surface area (Å²) >= 11 is 5.15. The highest BCUT2D eigenvalue weighted by Crippen LogP contribution is 2.36. The Balaban J connectivity index is 2.65. The maximum atomic E-state index is 5.37. The molecule has 0 radical (unpaired) electrons. The van der Waals surface area contributed by atoms with Crippen molar-refractivity contribution in [3.8, 4) is 28.5 Å². The SMILES string of the molecule is COc1ccc(-c2[nH]cnc(=S)c2OC)c(OC)c1. The Hall–Kier alpha value is -2.08. The molecule has 1 aromatic heterocycles. The average molecular weight is 278 g/mol. The predicted molar refractivity (Wildman–Crippen MR) is 74.5 cm³/mol. The summed E-state index contributed by atoms with van der Waals surface area (Å²) in [4.78, 5) is 7.03. The summed E-state index contributed by atoms with van der Waals surface area (Å²) in [5.41, 5.74) is 1.55. The number of ether oxygens (including phenoxy) is 3. The Morgan fingerprint density at radius 1 is 1.11 bits per heavy atom. The van der Waals surface area contributed by atoms with Crippen LogP contribution < -0.4 is 14.2 Å². The Morgan fingerprint density at radius 2 is 1.89 bits per heavy atom. The molecule has 0 fully saturated rings. The molecule has 0 spiro atoms. The highest BCUT2D eigenvalue weighted by Gasteiger charge is 2.14. The molecule has 6 heteroatoms. The number of aromatic amines is 1. The van der Waals surface area contributed by atoms with E-state index in [-0.39, 0.29) is 0 Å². The van der Waals surface area contributed by atoms with Crippen molar-refractivity contribution in [3.05, 3.63) is 29.2 Å². The fourth-order valence-electron chi connectivity index (χ4n) is 1.78. The van der Waals surface area contributed by atoms with Gasteiger partial charge in [0.1, 0.15) is 11.5 Å². The normalized spacial score (nSPS) is 10.1. The first kappa shape index (κ1) is 13.4. The molecule has 100 valence electrons. The quantitative estimate of drug-likeness (QED) is 0.871. The van der Waals surface area contributed by atoms with Gasteiger partial charge in [-0.3, -0.25) is 0 Å². The van der Waals surface area contributed by atoms with Crippen molar-refractivity contribution in [2.45, 2.75) is 0 Å². The number of rotatable bonds is 4. The molecular weight excluding hydrogens is 264 g/mol. The smallest absolute Gasteiger partial charge is 0.179 e. The zero-order valence-corrected chi connectivity index (χ0v) is 11.7. The van der Waals surface area contributed by atoms with Crippen LogP contribution in [0.15, 0.2) is 24.5 Å². The minimum Gasteiger partial charge on any atom is -0.497 e. The van der Waals surface area contributed by atoms with Crippen molar-refractivity contribution >= 4 is 12.2 Å². The largest absolute Gasteiger partial charge is 0.497 e. The Labute approximate surface area is 116 Å². The van der Waals surface area contributed by atoms with E-state index >= 15 is 0 Å². The third kappa shape index (κ3) is 2.53. The van der Waals surface area contributed by atoms with E-state index < -0.39 is 0 Å². The molecule has 19 heavy (non-hydrogen) atoms. The number of hydrogen-bond acceptors (Lipinski definition) is 5. The molecule has 1 heterocycles. The third-order valence-electron chi connectivity index (χ3n) is 2.69. The van der Waals surface area contributed by atoms with Crippen LogP contribution in [0.25, 0.3) is 11.3 Å². The van der Waals surface area contributed by atoms with Crippen LogP contribution in [0.5, 0.6) is 17.2 Å². The van der Waals surface area contributed by atoms with Crippen LogP contribution in [-0.4, -0.2) is 31.3 Å². The lowest BCUT2D eigenvalue weighted by Crippen LogP contribution is -1.97. The molecule has 1 N–H and O–H groups in total. The highest BCUT2D eigenvalue weighted by molar-refractivity contribution is 7.71. The summed E-state index contributed by atoms with van der Waals surface area (Å²) in [6.45, 7) is 0. The molecule has 0 aliphatic rings. The summed E-state index contributed by atoms with van der Waals surface area (Å²) < 4.78 is 16.2. The minimum absolute atomic E-state index is 0.397. The second kappa shape index (κ2) is 5.71. The van der Waals surface area contributed by atoms with Crippen LogP contribution >= 0.6 is 12.2 Å². The van der Waals surface area contributed by atoms with Gasteiger partial charge in [-0.2, -0.15) is 0 Å². The first-order chi connectivity index (χ1) is 9.21. The monoisotopic (exact) mass is 278 g/mol. The van der Waals surface area contributed by atoms with Gasteiger partial charge in [-0.05, 0) is 12.1 Å². The topological polar surface area (TPSA) is 56.4 Å². The molecule has 0 aliphatic carbocycles. The van der Waals surface area contributed by atoms with Crippen LogP contribution in [0.2, 0.25) is 0 Å². The van der Waals surface area contributed by atoms with E-state index in [1.54, 1.807) is 27.4 Å². The lowest BCUT2D eigenvalue weighted by Gasteiger charge is -2.12. The predicted octanol–water partition coefficient (Wildman–Crippen LogP) is 2.83. The van der Waals surface area contributed by atoms with Gasteiger partial charge >= 0.3 is 0 Å². The Bertz CT molecular complexity index is 640. The van der Waals surface area contributed by atoms with Crippen molar-refractivity contribution in [1.82, 2.24) is 9.97 Å². The lowest BCUT2D eigenvalue weighted by atomic mass is 10.1. The van der Waals surface area contributed by atoms with Gasteiger partial charge in [0.15, 0.2) is 10.4 Å². The van der Waals surface area contributed by atoms with Crippen LogP contribution in [0.3, 0.4) is 0 Å². The molecule has 2 aromatic rings. The maximum Gasteiger partial charge on any atom is 0.179 e. The second-order valence-corrected chi connectivity index (χ2v) is 4.07. The van der Waals surface area contributed by atoms with E-state index in [0.717, 1.165) is 11.3 Å². The molecule has 0 atom stereocenters. The minimum atomic E-state index is 0.397. The van der Waals surface area contributed by atoms with Crippen molar-refractivity contribution in [2.75, 3.05) is 21.3 Å². The summed E-state index contributed by atoms with van der Waals surface area (Å²) in [6.07, 6.45) is 1.53. The molecule has 5 nitrogen and oxygen atoms in total. The molecule has 0 aliphatic heterocycles. The van der Waals surface area contributed by atoms with Crippen molar-refractivity contribution in [3.63, 3.8) is 0 Å². The fraction of sp³-hybridized carbons (Fsp3) is 0.231. The summed E-state index contributed by atoms with van der Waals surface area (Å²) in [5, 5.41) is 0. The van der Waals surface area contributed by atoms with E-state index in [1.807, 2.05) is 12.1 Å². The van der Waals surface area contributed by atoms with Crippen molar-refractivity contribution in [1.29, 1.82) is 0 Å². The van der Waals surface area contributed by atoms with Crippen LogP contribution in [0, 0.1) is 4.64 Å². The zero-order valence-electron chi connectivity index (χ0n) is 10.9. The summed E-state index contributed by atoms with van der Waals surface area (Å²) in [5.74, 6) is 1.89. The lowest BCUT2D eigenvalue weighted by molar-refractivity contribution is 0.393. The van der Waals surface area contributed by atoms with Gasteiger partial charge in [0.05, 0.1) is 33.4 Å². The molecule has 0 unspecified atom stereocenters. The number of aromatic nitrogens is 2. The van der Waals surface area contributed by atoms with Crippen LogP contribution in [0.4, 0.5) is 0 Å². The van der Waals surface area contributed by atoms with Crippen molar-refractivity contribution < 1.29 is 14.2 Å². The van der Waals surface area contributed by atoms with Crippen LogP contribution in [-0.2, 0) is 0 Å². The highest BCUT2D eigenvalue weighted by atomic mass is 32.1. The number of methoxy groups -OCH3 is 3. The van der Waals surface area contributed by atoms with E-state index in [1.165, 1.54) is 6.33 Å². The molecule has 0 bridgehead atoms. The molecule has 0 saturated heterocycles. The van der Waals surface area contributed by atoms with E-state index in [0.29, 0.717) is 21.9 Å². The van der Waals surface area contributed by atoms with E-state index in [4.69, 9.17) is 26.4 Å². The fourth-order valence-corrected chi connectivity index (χ4v) is 2.02. The molecule has 2 rings (SSSR count). The van der Waals surface area contributed by atoms with Gasteiger partial charge in [-0.15, -0.1) is 0 Å². The van der Waals surface area contributed by atoms with Gasteiger partial charge < -0.3 is 19.2 Å². The van der Waals surface area contributed by atoms with E-state index in [2.05, 4.69) is 9.97 Å². The molecule has 0 saturated carbocycles. The van der Waals surface area contributed by atoms with Gasteiger partial charge in [0.2, 0.25) is 0 Å². The summed E-state index contributed by atoms with van der Waals surface area (Å²) in [7, 11) is 4.76. The summed E-state index contributed by atoms with van der Waals surface area (Å²) in [6, 6.07) is 5.52. The standard InChI is InChI=1S/C13H14N2O3S/c1-16-8-4-5-9(10(6-8)17-2)11-12(18-3)13(19)15-7-14-11/h4-7H,1-3H3,(H,14,15,19). The van der Waals surface area contributed by atoms with E-state index in [9.17, 15) is 0 Å². The number of nitrogens with zero attached hydrogens (tertiary/aromatic N) is 1. The first-order valence-corrected chi connectivity index (χ1v) is 5.96. The van der Waals surface area contributed by atoms with Gasteiger partial charge in [0.25, 0.3) is 0 Å². The average Bonchev–Trinajstić information content (AvgIpc) is 2.46. The number of H-pyrrole nitrogens is 1. The Kier molecular flexibility index (Phi) is 4.01. The molecular formula is C13H14N2O3S. The molecule has 0 amide bonds. The number of nitrogens with one attached hydrogen (secondary N) is 1.